The van der Waals surface area contributed by atoms with Gasteiger partial charge in [-0.15, -0.1) is 0 Å². The number of alkyl carbamates (subject to hydrolysis) is 1. The van der Waals surface area contributed by atoms with E-state index in [4.69, 9.17) is 4.74 Å². The van der Waals surface area contributed by atoms with E-state index in [1.165, 1.54) is 4.57 Å². The van der Waals surface area contributed by atoms with E-state index < -0.39 is 17.7 Å². The lowest BCUT2D eigenvalue weighted by Crippen LogP contribution is -2.34. The summed E-state index contributed by atoms with van der Waals surface area (Å²) in [5.74, 6) is 0.511. The minimum absolute atomic E-state index is 0.00535. The number of ketones is 1. The zero-order valence-electron chi connectivity index (χ0n) is 17.4. The van der Waals surface area contributed by atoms with Crippen molar-refractivity contribution in [2.45, 2.75) is 65.1 Å². The fraction of sp³-hybridized carbons (Fsp3) is 0.455. The lowest BCUT2D eigenvalue weighted by atomic mass is 9.90. The Kier molecular flexibility index (Phi) is 5.59. The highest BCUT2D eigenvalue weighted by Gasteiger charge is 2.28. The summed E-state index contributed by atoms with van der Waals surface area (Å²) in [7, 11) is 0. The maximum atomic E-state index is 13.1. The van der Waals surface area contributed by atoms with Crippen LogP contribution in [0.5, 0.6) is 0 Å². The average molecular weight is 397 g/mol. The summed E-state index contributed by atoms with van der Waals surface area (Å²) >= 11 is 0. The van der Waals surface area contributed by atoms with Crippen molar-refractivity contribution in [3.8, 4) is 0 Å². The van der Waals surface area contributed by atoms with Crippen molar-refractivity contribution >= 4 is 22.8 Å². The second kappa shape index (κ2) is 7.81. The van der Waals surface area contributed by atoms with E-state index in [1.807, 2.05) is 0 Å². The standard InChI is InChI=1S/C22H27N3O4/c1-13-6-9-18(19(26)10-13)25-14(2)24-17-11-15(7-8-16(17)20(25)27)12-23-21(28)29-22(3,4)5/h7-8,11,18H,1,6,9-10,12H2,2-5H3,(H,23,28). The van der Waals surface area contributed by atoms with Crippen molar-refractivity contribution in [1.29, 1.82) is 0 Å². The van der Waals surface area contributed by atoms with Crippen LogP contribution in [0.15, 0.2) is 35.1 Å². The minimum atomic E-state index is -0.569. The Morgan fingerprint density at radius 3 is 2.72 bits per heavy atom. The predicted octanol–water partition coefficient (Wildman–Crippen LogP) is 3.58. The van der Waals surface area contributed by atoms with E-state index in [0.29, 0.717) is 29.6 Å². The van der Waals surface area contributed by atoms with Crippen LogP contribution in [-0.2, 0) is 16.1 Å². The zero-order valence-corrected chi connectivity index (χ0v) is 17.4. The Labute approximate surface area is 169 Å². The molecule has 0 radical (unpaired) electrons. The number of allylic oxidation sites excluding steroid dienone is 1. The lowest BCUT2D eigenvalue weighted by molar-refractivity contribution is -0.122. The van der Waals surface area contributed by atoms with Gasteiger partial charge >= 0.3 is 6.09 Å². The third kappa shape index (κ3) is 4.72. The van der Waals surface area contributed by atoms with Crippen LogP contribution in [0.1, 0.15) is 57.5 Å². The first-order valence-electron chi connectivity index (χ1n) is 9.73. The maximum absolute atomic E-state index is 13.1. The number of Topliss-reactive ketones (excluding diaryl/α,β-unsaturated/α-hetero) is 1. The molecule has 7 nitrogen and oxygen atoms in total. The summed E-state index contributed by atoms with van der Waals surface area (Å²) in [4.78, 5) is 41.9. The summed E-state index contributed by atoms with van der Waals surface area (Å²) < 4.78 is 6.74. The van der Waals surface area contributed by atoms with Gasteiger partial charge in [-0.2, -0.15) is 0 Å². The Balaban J connectivity index is 1.86. The first-order chi connectivity index (χ1) is 13.5. The van der Waals surface area contributed by atoms with E-state index in [-0.39, 0.29) is 17.9 Å². The van der Waals surface area contributed by atoms with Gasteiger partial charge in [-0.1, -0.05) is 18.2 Å². The molecule has 154 valence electrons. The molecular weight excluding hydrogens is 370 g/mol. The first kappa shape index (κ1) is 20.8. The number of nitrogens with one attached hydrogen (secondary N) is 1. The van der Waals surface area contributed by atoms with Crippen LogP contribution in [0.2, 0.25) is 0 Å². The number of aryl methyl sites for hydroxylation is 1. The number of rotatable bonds is 3. The highest BCUT2D eigenvalue weighted by atomic mass is 16.6. The molecule has 1 atom stereocenters. The Morgan fingerprint density at radius 1 is 1.34 bits per heavy atom. The van der Waals surface area contributed by atoms with E-state index in [1.54, 1.807) is 45.9 Å². The minimum Gasteiger partial charge on any atom is -0.444 e. The van der Waals surface area contributed by atoms with Gasteiger partial charge in [0.05, 0.1) is 16.9 Å². The van der Waals surface area contributed by atoms with Crippen molar-refractivity contribution in [2.75, 3.05) is 0 Å². The number of hydrogen-bond donors (Lipinski definition) is 1. The van der Waals surface area contributed by atoms with Crippen LogP contribution >= 0.6 is 0 Å². The molecule has 0 bridgehead atoms. The summed E-state index contributed by atoms with van der Waals surface area (Å²) in [6.45, 7) is 11.3. The molecule has 1 amide bonds. The van der Waals surface area contributed by atoms with Gasteiger partial charge in [0, 0.05) is 13.0 Å². The van der Waals surface area contributed by atoms with E-state index in [2.05, 4.69) is 16.9 Å². The molecule has 1 aromatic heterocycles. The molecule has 1 aliphatic carbocycles. The van der Waals surface area contributed by atoms with Crippen LogP contribution in [-0.4, -0.2) is 27.0 Å². The maximum Gasteiger partial charge on any atom is 0.407 e. The molecule has 0 aliphatic heterocycles. The zero-order chi connectivity index (χ0) is 21.3. The van der Waals surface area contributed by atoms with Gasteiger partial charge in [0.15, 0.2) is 5.78 Å². The number of fused-ring (bicyclic) bond motifs is 1. The topological polar surface area (TPSA) is 90.3 Å². The van der Waals surface area contributed by atoms with Gasteiger partial charge in [-0.05, 0) is 58.2 Å². The molecule has 2 aromatic rings. The number of aromatic nitrogens is 2. The highest BCUT2D eigenvalue weighted by Crippen LogP contribution is 2.28. The van der Waals surface area contributed by atoms with Crippen molar-refractivity contribution < 1.29 is 14.3 Å². The van der Waals surface area contributed by atoms with Crippen LogP contribution in [0.3, 0.4) is 0 Å². The number of benzene rings is 1. The van der Waals surface area contributed by atoms with Gasteiger partial charge in [0.2, 0.25) is 0 Å². The normalized spacial score (nSPS) is 17.4. The van der Waals surface area contributed by atoms with Gasteiger partial charge in [0.1, 0.15) is 11.4 Å². The molecule has 1 saturated carbocycles. The summed E-state index contributed by atoms with van der Waals surface area (Å²) in [5, 5.41) is 3.15. The molecule has 29 heavy (non-hydrogen) atoms. The number of carbonyl (C=O) groups is 2. The van der Waals surface area contributed by atoms with E-state index in [0.717, 1.165) is 17.6 Å². The fourth-order valence-electron chi connectivity index (χ4n) is 3.55. The molecule has 1 unspecified atom stereocenters. The molecule has 1 aliphatic rings. The third-order valence-corrected chi connectivity index (χ3v) is 4.86. The fourth-order valence-corrected chi connectivity index (χ4v) is 3.55. The molecule has 3 rings (SSSR count). The second-order valence-corrected chi connectivity index (χ2v) is 8.49. The van der Waals surface area contributed by atoms with Crippen LogP contribution in [0, 0.1) is 6.92 Å². The number of amides is 1. The van der Waals surface area contributed by atoms with Crippen LogP contribution < -0.4 is 10.9 Å². The Morgan fingerprint density at radius 2 is 2.07 bits per heavy atom. The Hall–Kier alpha value is -2.96. The molecule has 1 N–H and O–H groups in total. The third-order valence-electron chi connectivity index (χ3n) is 4.86. The van der Waals surface area contributed by atoms with Crippen molar-refractivity contribution in [1.82, 2.24) is 14.9 Å². The van der Waals surface area contributed by atoms with Crippen molar-refractivity contribution in [2.24, 2.45) is 0 Å². The molecule has 1 aromatic carbocycles. The number of carbonyl (C=O) groups excluding carboxylic acids is 2. The molecule has 0 saturated heterocycles. The smallest absolute Gasteiger partial charge is 0.407 e. The summed E-state index contributed by atoms with van der Waals surface area (Å²) in [5.41, 5.74) is 1.47. The first-order valence-corrected chi connectivity index (χ1v) is 9.73. The summed E-state index contributed by atoms with van der Waals surface area (Å²) in [6, 6.07) is 4.75. The quantitative estimate of drug-likeness (QED) is 0.800. The number of ether oxygens (including phenoxy) is 1. The molecular formula is C22H27N3O4. The predicted molar refractivity (Wildman–Crippen MR) is 111 cm³/mol. The monoisotopic (exact) mass is 397 g/mol. The molecule has 1 heterocycles. The number of nitrogens with zero attached hydrogens (tertiary/aromatic N) is 2. The molecule has 7 heteroatoms. The lowest BCUT2D eigenvalue weighted by Gasteiger charge is -2.25. The van der Waals surface area contributed by atoms with Gasteiger partial charge in [-0.25, -0.2) is 9.78 Å². The van der Waals surface area contributed by atoms with Gasteiger partial charge < -0.3 is 10.1 Å². The van der Waals surface area contributed by atoms with Gasteiger partial charge in [-0.3, -0.25) is 14.2 Å². The van der Waals surface area contributed by atoms with E-state index in [9.17, 15) is 14.4 Å². The Bertz CT molecular complexity index is 1050. The second-order valence-electron chi connectivity index (χ2n) is 8.49. The average Bonchev–Trinajstić information content (AvgIpc) is 2.60. The molecule has 1 fully saturated rings. The van der Waals surface area contributed by atoms with Gasteiger partial charge in [0.25, 0.3) is 5.56 Å². The SMILES string of the molecule is C=C1CCC(n2c(C)nc3cc(CNC(=O)OC(C)(C)C)ccc3c2=O)C(=O)C1. The largest absolute Gasteiger partial charge is 0.444 e. The number of hydrogen-bond acceptors (Lipinski definition) is 5. The molecule has 0 spiro atoms. The van der Waals surface area contributed by atoms with Crippen molar-refractivity contribution in [3.05, 3.63) is 52.1 Å². The van der Waals surface area contributed by atoms with Crippen molar-refractivity contribution in [3.63, 3.8) is 0 Å². The van der Waals surface area contributed by atoms with E-state index >= 15 is 0 Å². The van der Waals surface area contributed by atoms with Crippen LogP contribution in [0.4, 0.5) is 4.79 Å². The highest BCUT2D eigenvalue weighted by molar-refractivity contribution is 5.86. The summed E-state index contributed by atoms with van der Waals surface area (Å²) in [6.07, 6.45) is 1.11. The van der Waals surface area contributed by atoms with Crippen LogP contribution in [0.25, 0.3) is 10.9 Å².